The number of hydrogen-bond donors (Lipinski definition) is 1. The minimum Gasteiger partial charge on any atom is -0.392 e. The molecule has 82 valence electrons. The summed E-state index contributed by atoms with van der Waals surface area (Å²) in [6.07, 6.45) is 3.31. The molecule has 0 radical (unpaired) electrons. The fraction of sp³-hybridized carbons (Fsp3) is 0.167. The van der Waals surface area contributed by atoms with Gasteiger partial charge in [-0.2, -0.15) is 0 Å². The predicted molar refractivity (Wildman–Crippen MR) is 64.0 cm³/mol. The lowest BCUT2D eigenvalue weighted by atomic mass is 10.2. The van der Waals surface area contributed by atoms with Crippen molar-refractivity contribution in [2.24, 2.45) is 0 Å². The average Bonchev–Trinajstić information content (AvgIpc) is 2.38. The van der Waals surface area contributed by atoms with Crippen molar-refractivity contribution in [3.8, 4) is 0 Å². The maximum atomic E-state index is 8.85. The van der Waals surface area contributed by atoms with Crippen LogP contribution in [-0.2, 0) is 12.4 Å². The molecule has 1 N–H and O–H groups in total. The quantitative estimate of drug-likeness (QED) is 0.649. The van der Waals surface area contributed by atoms with E-state index in [0.717, 1.165) is 16.5 Å². The van der Waals surface area contributed by atoms with Crippen LogP contribution >= 0.6 is 11.8 Å². The van der Waals surface area contributed by atoms with Gasteiger partial charge in [0.2, 0.25) is 0 Å². The number of aliphatic hydroxyl groups is 1. The van der Waals surface area contributed by atoms with Crippen molar-refractivity contribution in [1.29, 1.82) is 0 Å². The molecule has 1 heterocycles. The second-order valence-corrected chi connectivity index (χ2v) is 4.25. The van der Waals surface area contributed by atoms with Gasteiger partial charge in [-0.25, -0.2) is 9.97 Å². The molecule has 0 aliphatic carbocycles. The molecule has 0 amide bonds. The van der Waals surface area contributed by atoms with Crippen molar-refractivity contribution < 1.29 is 5.11 Å². The number of benzene rings is 1. The molecule has 2 rings (SSSR count). The molecule has 0 fully saturated rings. The summed E-state index contributed by atoms with van der Waals surface area (Å²) < 4.78 is 0. The van der Waals surface area contributed by atoms with Gasteiger partial charge in [0.15, 0.2) is 5.16 Å². The zero-order chi connectivity index (χ0) is 11.2. The highest BCUT2D eigenvalue weighted by molar-refractivity contribution is 7.98. The van der Waals surface area contributed by atoms with Crippen LogP contribution in [-0.4, -0.2) is 15.1 Å². The molecule has 0 atom stereocenters. The molecule has 0 saturated heterocycles. The summed E-state index contributed by atoms with van der Waals surface area (Å²) >= 11 is 1.59. The fourth-order valence-corrected chi connectivity index (χ4v) is 1.96. The predicted octanol–water partition coefficient (Wildman–Crippen LogP) is 2.26. The van der Waals surface area contributed by atoms with Crippen molar-refractivity contribution >= 4 is 11.8 Å². The van der Waals surface area contributed by atoms with Crippen LogP contribution in [0.5, 0.6) is 0 Å². The zero-order valence-corrected chi connectivity index (χ0v) is 9.52. The third-order valence-electron chi connectivity index (χ3n) is 2.07. The topological polar surface area (TPSA) is 46.0 Å². The van der Waals surface area contributed by atoms with Crippen LogP contribution in [0.25, 0.3) is 0 Å². The smallest absolute Gasteiger partial charge is 0.187 e. The Morgan fingerprint density at radius 3 is 2.31 bits per heavy atom. The van der Waals surface area contributed by atoms with Gasteiger partial charge in [0.25, 0.3) is 0 Å². The van der Waals surface area contributed by atoms with Gasteiger partial charge in [0.05, 0.1) is 6.61 Å². The van der Waals surface area contributed by atoms with E-state index in [1.807, 2.05) is 18.2 Å². The Labute approximate surface area is 98.6 Å². The lowest BCUT2D eigenvalue weighted by Crippen LogP contribution is -1.91. The maximum Gasteiger partial charge on any atom is 0.187 e. The van der Waals surface area contributed by atoms with Crippen molar-refractivity contribution in [2.45, 2.75) is 17.5 Å². The summed E-state index contributed by atoms with van der Waals surface area (Å²) in [4.78, 5) is 8.31. The highest BCUT2D eigenvalue weighted by Crippen LogP contribution is 2.18. The molecule has 4 heteroatoms. The van der Waals surface area contributed by atoms with Gasteiger partial charge < -0.3 is 5.11 Å². The largest absolute Gasteiger partial charge is 0.392 e. The standard InChI is InChI=1S/C12H12N2OS/c15-8-11-6-13-12(14-7-11)16-9-10-4-2-1-3-5-10/h1-7,15H,8-9H2. The van der Waals surface area contributed by atoms with Crippen molar-refractivity contribution in [3.63, 3.8) is 0 Å². The minimum absolute atomic E-state index is 0.0103. The summed E-state index contributed by atoms with van der Waals surface area (Å²) in [6, 6.07) is 10.2. The van der Waals surface area contributed by atoms with Gasteiger partial charge in [0, 0.05) is 23.7 Å². The van der Waals surface area contributed by atoms with E-state index in [9.17, 15) is 0 Å². The Bertz CT molecular complexity index is 431. The zero-order valence-electron chi connectivity index (χ0n) is 8.71. The van der Waals surface area contributed by atoms with Gasteiger partial charge in [-0.15, -0.1) is 0 Å². The van der Waals surface area contributed by atoms with Gasteiger partial charge in [-0.05, 0) is 5.56 Å². The second kappa shape index (κ2) is 5.63. The number of hydrogen-bond acceptors (Lipinski definition) is 4. The van der Waals surface area contributed by atoms with Gasteiger partial charge >= 0.3 is 0 Å². The summed E-state index contributed by atoms with van der Waals surface area (Å²) in [7, 11) is 0. The first kappa shape index (κ1) is 11.1. The van der Waals surface area contributed by atoms with Crippen LogP contribution in [0.1, 0.15) is 11.1 Å². The Balaban J connectivity index is 1.94. The molecule has 0 spiro atoms. The highest BCUT2D eigenvalue weighted by atomic mass is 32.2. The molecule has 3 nitrogen and oxygen atoms in total. The summed E-state index contributed by atoms with van der Waals surface area (Å²) in [5.41, 5.74) is 1.99. The van der Waals surface area contributed by atoms with Crippen LogP contribution in [0.3, 0.4) is 0 Å². The van der Waals surface area contributed by atoms with E-state index in [1.165, 1.54) is 5.56 Å². The Morgan fingerprint density at radius 2 is 1.69 bits per heavy atom. The molecule has 0 bridgehead atoms. The third kappa shape index (κ3) is 3.05. The third-order valence-corrected chi connectivity index (χ3v) is 3.02. The van der Waals surface area contributed by atoms with E-state index in [2.05, 4.69) is 22.1 Å². The molecule has 2 aromatic rings. The van der Waals surface area contributed by atoms with E-state index < -0.39 is 0 Å². The Kier molecular flexibility index (Phi) is 3.91. The van der Waals surface area contributed by atoms with E-state index in [1.54, 1.807) is 24.2 Å². The maximum absolute atomic E-state index is 8.85. The fourth-order valence-electron chi connectivity index (χ4n) is 1.22. The van der Waals surface area contributed by atoms with Crippen molar-refractivity contribution in [2.75, 3.05) is 0 Å². The summed E-state index contributed by atoms with van der Waals surface area (Å²) in [6.45, 7) is -0.0103. The molecule has 16 heavy (non-hydrogen) atoms. The van der Waals surface area contributed by atoms with Crippen LogP contribution in [0, 0.1) is 0 Å². The molecule has 0 saturated carbocycles. The molecular formula is C12H12N2OS. The van der Waals surface area contributed by atoms with Crippen molar-refractivity contribution in [3.05, 3.63) is 53.9 Å². The SMILES string of the molecule is OCc1cnc(SCc2ccccc2)nc1. The van der Waals surface area contributed by atoms with Crippen LogP contribution in [0.4, 0.5) is 0 Å². The van der Waals surface area contributed by atoms with E-state index in [-0.39, 0.29) is 6.61 Å². The molecule has 0 unspecified atom stereocenters. The molecule has 0 aliphatic rings. The first-order valence-electron chi connectivity index (χ1n) is 4.97. The van der Waals surface area contributed by atoms with Crippen LogP contribution in [0.2, 0.25) is 0 Å². The van der Waals surface area contributed by atoms with Gasteiger partial charge in [-0.3, -0.25) is 0 Å². The monoisotopic (exact) mass is 232 g/mol. The van der Waals surface area contributed by atoms with Gasteiger partial charge in [0.1, 0.15) is 0 Å². The Hall–Kier alpha value is -1.39. The molecular weight excluding hydrogens is 220 g/mol. The number of nitrogens with zero attached hydrogens (tertiary/aromatic N) is 2. The highest BCUT2D eigenvalue weighted by Gasteiger charge is 1.99. The van der Waals surface area contributed by atoms with E-state index >= 15 is 0 Å². The molecule has 1 aromatic heterocycles. The van der Waals surface area contributed by atoms with Crippen molar-refractivity contribution in [1.82, 2.24) is 9.97 Å². The Morgan fingerprint density at radius 1 is 1.00 bits per heavy atom. The van der Waals surface area contributed by atoms with E-state index in [4.69, 9.17) is 5.11 Å². The first-order chi connectivity index (χ1) is 7.88. The lowest BCUT2D eigenvalue weighted by molar-refractivity contribution is 0.280. The second-order valence-electron chi connectivity index (χ2n) is 3.31. The first-order valence-corrected chi connectivity index (χ1v) is 5.95. The average molecular weight is 232 g/mol. The summed E-state index contributed by atoms with van der Waals surface area (Å²) in [5, 5.41) is 9.59. The number of thioether (sulfide) groups is 1. The number of rotatable bonds is 4. The number of aliphatic hydroxyl groups excluding tert-OH is 1. The lowest BCUT2D eigenvalue weighted by Gasteiger charge is -2.00. The summed E-state index contributed by atoms with van der Waals surface area (Å²) in [5.74, 6) is 0.860. The normalized spacial score (nSPS) is 10.3. The van der Waals surface area contributed by atoms with Gasteiger partial charge in [-0.1, -0.05) is 42.1 Å². The van der Waals surface area contributed by atoms with E-state index in [0.29, 0.717) is 0 Å². The molecule has 1 aromatic carbocycles. The number of aromatic nitrogens is 2. The van der Waals surface area contributed by atoms with Crippen LogP contribution < -0.4 is 0 Å². The molecule has 0 aliphatic heterocycles. The minimum atomic E-state index is -0.0103. The van der Waals surface area contributed by atoms with Crippen LogP contribution in [0.15, 0.2) is 47.9 Å².